The molecule has 11 nitrogen and oxygen atoms in total. The topological polar surface area (TPSA) is 145 Å². The number of imidazole rings is 1. The zero-order chi connectivity index (χ0) is 25.6. The lowest BCUT2D eigenvalue weighted by atomic mass is 10.1. The number of pyridine rings is 1. The molecule has 4 heterocycles. The van der Waals surface area contributed by atoms with Crippen molar-refractivity contribution in [1.29, 1.82) is 0 Å². The Hall–Kier alpha value is -2.91. The smallest absolute Gasteiger partial charge is 0.296 e. The van der Waals surface area contributed by atoms with Crippen molar-refractivity contribution in [2.24, 2.45) is 0 Å². The Kier molecular flexibility index (Phi) is 6.78. The van der Waals surface area contributed by atoms with E-state index in [0.29, 0.717) is 5.52 Å². The number of halogens is 3. The normalized spacial score (nSPS) is 24.0. The van der Waals surface area contributed by atoms with Crippen molar-refractivity contribution >= 4 is 39.7 Å². The van der Waals surface area contributed by atoms with Gasteiger partial charge in [-0.15, -0.1) is 0 Å². The quantitative estimate of drug-likeness (QED) is 0.402. The van der Waals surface area contributed by atoms with E-state index in [1.165, 1.54) is 12.3 Å². The number of rotatable bonds is 7. The van der Waals surface area contributed by atoms with Crippen LogP contribution in [0.5, 0.6) is 11.9 Å². The summed E-state index contributed by atoms with van der Waals surface area (Å²) in [4.78, 5) is 23.2. The first kappa shape index (κ1) is 24.8. The number of carbonyl (C=O) groups excluding carboxylic acids is 1. The number of hydrogen-bond acceptors (Lipinski definition) is 9. The first-order valence-electron chi connectivity index (χ1n) is 10.6. The van der Waals surface area contributed by atoms with Gasteiger partial charge in [-0.25, -0.2) is 13.0 Å². The van der Waals surface area contributed by atoms with Crippen LogP contribution < -0.4 is 14.2 Å². The van der Waals surface area contributed by atoms with E-state index in [-0.39, 0.29) is 41.3 Å². The van der Waals surface area contributed by atoms with Crippen LogP contribution in [0, 0.1) is 11.6 Å². The SMILES string of the molecule is CS(=O)NC(=O)c1cc(F)c(COc2nc3nc(O[C@@H]4CO[C@H]5[C@@H]4OC[C@H]5O)[nH]c3cc2Cl)c(F)c1. The van der Waals surface area contributed by atoms with E-state index in [1.807, 2.05) is 4.72 Å². The molecular weight excluding hydrogens is 526 g/mol. The Bertz CT molecular complexity index is 1340. The highest BCUT2D eigenvalue weighted by molar-refractivity contribution is 7.82. The fraction of sp³-hybridized carbons (Fsp3) is 0.381. The van der Waals surface area contributed by atoms with Crippen LogP contribution in [0.2, 0.25) is 5.02 Å². The second-order valence-corrected chi connectivity index (χ2v) is 9.62. The van der Waals surface area contributed by atoms with Gasteiger partial charge < -0.3 is 29.0 Å². The number of nitrogens with one attached hydrogen (secondary N) is 2. The molecule has 2 saturated heterocycles. The maximum Gasteiger partial charge on any atom is 0.296 e. The van der Waals surface area contributed by atoms with Gasteiger partial charge in [0.15, 0.2) is 11.8 Å². The lowest BCUT2D eigenvalue weighted by Gasteiger charge is -2.15. The Labute approximate surface area is 209 Å². The monoisotopic (exact) mass is 544 g/mol. The first-order valence-corrected chi connectivity index (χ1v) is 12.5. The summed E-state index contributed by atoms with van der Waals surface area (Å²) in [7, 11) is -1.69. The largest absolute Gasteiger partial charge is 0.471 e. The number of aliphatic hydroxyl groups is 1. The number of H-pyrrole nitrogens is 1. The van der Waals surface area contributed by atoms with Crippen molar-refractivity contribution in [3.8, 4) is 11.9 Å². The standard InChI is InChI=1S/C21H19ClF2N4O7S/c1-36(31)28-19(30)8-2-11(23)9(12(24)3-8)5-34-20-10(22)4-13-18(26-20)27-21(25-13)35-15-7-33-16-14(29)6-32-17(15)16/h2-4,14-17,29H,5-7H2,1H3,(H,28,30)(H,25,26,27)/t14-,15-,16-,17-,36?/m1/s1. The molecule has 3 aromatic rings. The highest BCUT2D eigenvalue weighted by Gasteiger charge is 2.48. The molecule has 36 heavy (non-hydrogen) atoms. The summed E-state index contributed by atoms with van der Waals surface area (Å²) in [5, 5.41) is 9.90. The Balaban J connectivity index is 1.29. The van der Waals surface area contributed by atoms with E-state index in [0.717, 1.165) is 12.1 Å². The molecule has 1 aromatic carbocycles. The minimum Gasteiger partial charge on any atom is -0.471 e. The highest BCUT2D eigenvalue weighted by Crippen LogP contribution is 2.31. The predicted molar refractivity (Wildman–Crippen MR) is 121 cm³/mol. The molecule has 1 unspecified atom stereocenters. The Morgan fingerprint density at radius 1 is 1.25 bits per heavy atom. The number of aromatic nitrogens is 3. The van der Waals surface area contributed by atoms with Gasteiger partial charge in [0.2, 0.25) is 5.88 Å². The first-order chi connectivity index (χ1) is 17.2. The number of benzene rings is 1. The minimum absolute atomic E-state index is 0.0476. The number of fused-ring (bicyclic) bond motifs is 2. The van der Waals surface area contributed by atoms with Crippen LogP contribution in [-0.2, 0) is 27.1 Å². The van der Waals surface area contributed by atoms with Gasteiger partial charge >= 0.3 is 0 Å². The molecule has 2 aliphatic rings. The van der Waals surface area contributed by atoms with E-state index in [1.54, 1.807) is 0 Å². The zero-order valence-electron chi connectivity index (χ0n) is 18.5. The van der Waals surface area contributed by atoms with Crippen LogP contribution in [0.25, 0.3) is 11.2 Å². The second-order valence-electron chi connectivity index (χ2n) is 8.10. The van der Waals surface area contributed by atoms with Gasteiger partial charge in [-0.2, -0.15) is 9.97 Å². The van der Waals surface area contributed by atoms with Gasteiger partial charge in [-0.05, 0) is 18.2 Å². The zero-order valence-corrected chi connectivity index (χ0v) is 20.1. The molecular formula is C21H19ClF2N4O7S. The molecule has 3 N–H and O–H groups in total. The van der Waals surface area contributed by atoms with Crippen molar-refractivity contribution in [3.63, 3.8) is 0 Å². The van der Waals surface area contributed by atoms with Crippen molar-refractivity contribution in [3.05, 3.63) is 46.0 Å². The van der Waals surface area contributed by atoms with E-state index < -0.39 is 65.1 Å². The number of carbonyl (C=O) groups is 1. The van der Waals surface area contributed by atoms with Crippen LogP contribution in [-0.4, -0.2) is 74.1 Å². The maximum absolute atomic E-state index is 14.5. The summed E-state index contributed by atoms with van der Waals surface area (Å²) in [6.07, 6.45) is -0.902. The van der Waals surface area contributed by atoms with Gasteiger partial charge in [-0.3, -0.25) is 9.52 Å². The lowest BCUT2D eigenvalue weighted by molar-refractivity contribution is 0.00706. The van der Waals surface area contributed by atoms with E-state index in [2.05, 4.69) is 15.0 Å². The third-order valence-corrected chi connectivity index (χ3v) is 6.35. The molecule has 0 saturated carbocycles. The van der Waals surface area contributed by atoms with Crippen LogP contribution in [0.15, 0.2) is 18.2 Å². The van der Waals surface area contributed by atoms with Crippen molar-refractivity contribution in [1.82, 2.24) is 19.7 Å². The highest BCUT2D eigenvalue weighted by atomic mass is 35.5. The molecule has 5 atom stereocenters. The summed E-state index contributed by atoms with van der Waals surface area (Å²) in [6.45, 7) is -0.211. The molecule has 2 fully saturated rings. The number of aromatic amines is 1. The Morgan fingerprint density at radius 3 is 2.69 bits per heavy atom. The molecule has 2 aromatic heterocycles. The van der Waals surface area contributed by atoms with Crippen molar-refractivity contribution in [2.45, 2.75) is 31.0 Å². The van der Waals surface area contributed by atoms with Crippen LogP contribution in [0.3, 0.4) is 0 Å². The molecule has 1 amide bonds. The van der Waals surface area contributed by atoms with Gasteiger partial charge in [0.1, 0.15) is 52.6 Å². The summed E-state index contributed by atoms with van der Waals surface area (Å²) in [6, 6.07) is 3.20. The van der Waals surface area contributed by atoms with Crippen molar-refractivity contribution in [2.75, 3.05) is 19.5 Å². The molecule has 15 heteroatoms. The number of aliphatic hydroxyl groups excluding tert-OH is 1. The lowest BCUT2D eigenvalue weighted by Crippen LogP contribution is -2.34. The van der Waals surface area contributed by atoms with Crippen LogP contribution in [0.4, 0.5) is 8.78 Å². The third-order valence-electron chi connectivity index (χ3n) is 5.61. The number of hydrogen-bond donors (Lipinski definition) is 3. The van der Waals surface area contributed by atoms with Crippen molar-refractivity contribution < 1.29 is 41.8 Å². The number of amides is 1. The van der Waals surface area contributed by atoms with Gasteiger partial charge in [0, 0.05) is 11.8 Å². The second kappa shape index (κ2) is 9.86. The summed E-state index contributed by atoms with van der Waals surface area (Å²) >= 11 is 6.22. The molecule has 2 aliphatic heterocycles. The number of ether oxygens (including phenoxy) is 4. The molecule has 0 aliphatic carbocycles. The fourth-order valence-electron chi connectivity index (χ4n) is 3.93. The molecule has 0 spiro atoms. The van der Waals surface area contributed by atoms with Crippen LogP contribution >= 0.6 is 11.6 Å². The fourth-order valence-corrected chi connectivity index (χ4v) is 4.51. The summed E-state index contributed by atoms with van der Waals surface area (Å²) in [5.41, 5.74) is -0.191. The maximum atomic E-state index is 14.5. The molecule has 0 bridgehead atoms. The van der Waals surface area contributed by atoms with E-state index >= 15 is 0 Å². The van der Waals surface area contributed by atoms with Crippen LogP contribution in [0.1, 0.15) is 15.9 Å². The Morgan fingerprint density at radius 2 is 1.97 bits per heavy atom. The number of nitrogens with zero attached hydrogens (tertiary/aromatic N) is 2. The average Bonchev–Trinajstić information content (AvgIpc) is 3.49. The van der Waals surface area contributed by atoms with Gasteiger partial charge in [0.05, 0.1) is 24.3 Å². The molecule has 192 valence electrons. The van der Waals surface area contributed by atoms with E-state index in [4.69, 9.17) is 30.5 Å². The summed E-state index contributed by atoms with van der Waals surface area (Å²) < 4.78 is 64.4. The van der Waals surface area contributed by atoms with Gasteiger partial charge in [-0.1, -0.05) is 11.6 Å². The predicted octanol–water partition coefficient (Wildman–Crippen LogP) is 1.40. The third kappa shape index (κ3) is 4.86. The van der Waals surface area contributed by atoms with Gasteiger partial charge in [0.25, 0.3) is 11.9 Å². The molecule has 0 radical (unpaired) electrons. The molecule has 5 rings (SSSR count). The average molecular weight is 545 g/mol. The minimum atomic E-state index is -1.69. The van der Waals surface area contributed by atoms with E-state index in [9.17, 15) is 22.9 Å². The summed E-state index contributed by atoms with van der Waals surface area (Å²) in [5.74, 6) is -3.09.